The van der Waals surface area contributed by atoms with Gasteiger partial charge in [-0.25, -0.2) is 0 Å². The van der Waals surface area contributed by atoms with Crippen LogP contribution in [0.2, 0.25) is 0 Å². The molecule has 1 fully saturated rings. The minimum atomic E-state index is 0.603. The lowest BCUT2D eigenvalue weighted by atomic mass is 9.48. The van der Waals surface area contributed by atoms with Crippen molar-refractivity contribution in [2.75, 3.05) is 0 Å². The summed E-state index contributed by atoms with van der Waals surface area (Å²) in [4.78, 5) is 0.645. The van der Waals surface area contributed by atoms with Crippen molar-refractivity contribution in [2.45, 2.75) is 44.9 Å². The molecule has 0 nitrogen and oxygen atoms in total. The van der Waals surface area contributed by atoms with Crippen LogP contribution < -0.4 is 0 Å². The summed E-state index contributed by atoms with van der Waals surface area (Å²) in [6.45, 7) is 7.13. The smallest absolute Gasteiger partial charge is 0.0154 e. The van der Waals surface area contributed by atoms with Crippen molar-refractivity contribution in [2.24, 2.45) is 17.3 Å². The molecule has 3 rings (SSSR count). The summed E-state index contributed by atoms with van der Waals surface area (Å²) in [5.41, 5.74) is 2.32. The first kappa shape index (κ1) is 9.76. The number of rotatable bonds is 2. The van der Waals surface area contributed by atoms with Crippen LogP contribution >= 0.6 is 15.9 Å². The van der Waals surface area contributed by atoms with E-state index in [1.807, 2.05) is 0 Å². The molecule has 0 heterocycles. The van der Waals surface area contributed by atoms with E-state index < -0.39 is 0 Å². The molecule has 74 valence electrons. The molecule has 0 aromatic rings. The van der Waals surface area contributed by atoms with Gasteiger partial charge in [-0.1, -0.05) is 48.4 Å². The van der Waals surface area contributed by atoms with Crippen molar-refractivity contribution >= 4 is 15.9 Å². The molecule has 3 aliphatic rings. The minimum Gasteiger partial charge on any atom is -0.0890 e. The van der Waals surface area contributed by atoms with Crippen molar-refractivity contribution in [3.8, 4) is 0 Å². The summed E-state index contributed by atoms with van der Waals surface area (Å²) < 4.78 is 0. The molecule has 13 heavy (non-hydrogen) atoms. The molecular weight excluding hydrogens is 224 g/mol. The van der Waals surface area contributed by atoms with Crippen molar-refractivity contribution in [3.63, 3.8) is 0 Å². The lowest BCUT2D eigenvalue weighted by molar-refractivity contribution is -0.00808. The zero-order valence-corrected chi connectivity index (χ0v) is 10.4. The van der Waals surface area contributed by atoms with Crippen molar-refractivity contribution in [3.05, 3.63) is 11.6 Å². The summed E-state index contributed by atoms with van der Waals surface area (Å²) >= 11 is 3.65. The second kappa shape index (κ2) is 3.12. The van der Waals surface area contributed by atoms with Crippen LogP contribution in [0.25, 0.3) is 0 Å². The van der Waals surface area contributed by atoms with Crippen LogP contribution in [0.15, 0.2) is 11.6 Å². The van der Waals surface area contributed by atoms with Gasteiger partial charge in [-0.15, -0.1) is 0 Å². The van der Waals surface area contributed by atoms with Gasteiger partial charge < -0.3 is 0 Å². The highest BCUT2D eigenvalue weighted by Crippen LogP contribution is 2.59. The Bertz CT molecular complexity index is 238. The highest BCUT2D eigenvalue weighted by molar-refractivity contribution is 9.09. The molecule has 0 aliphatic heterocycles. The number of hydrogen-bond acceptors (Lipinski definition) is 0. The molecule has 3 aliphatic carbocycles. The van der Waals surface area contributed by atoms with E-state index in [1.54, 1.807) is 5.57 Å². The summed E-state index contributed by atoms with van der Waals surface area (Å²) in [6, 6.07) is 0. The molecule has 0 N–H and O–H groups in total. The average molecular weight is 243 g/mol. The first-order chi connectivity index (χ1) is 6.01. The Hall–Kier alpha value is 0.220. The SMILES string of the molecule is CC(Br)CC1=CCC2CC1C2(C)C. The average Bonchev–Trinajstić information content (AvgIpc) is 2.03. The molecule has 0 radical (unpaired) electrons. The number of hydrogen-bond donors (Lipinski definition) is 0. The fourth-order valence-corrected chi connectivity index (χ4v) is 3.41. The summed E-state index contributed by atoms with van der Waals surface area (Å²) in [5, 5.41) is 0. The summed E-state index contributed by atoms with van der Waals surface area (Å²) in [6.07, 6.45) is 6.54. The normalized spacial score (nSPS) is 37.7. The number of alkyl halides is 1. The van der Waals surface area contributed by atoms with E-state index in [9.17, 15) is 0 Å². The summed E-state index contributed by atoms with van der Waals surface area (Å²) in [7, 11) is 0. The first-order valence-electron chi connectivity index (χ1n) is 5.35. The zero-order valence-electron chi connectivity index (χ0n) is 8.81. The molecule has 0 aromatic heterocycles. The Balaban J connectivity index is 2.10. The quantitative estimate of drug-likeness (QED) is 0.504. The van der Waals surface area contributed by atoms with E-state index in [4.69, 9.17) is 0 Å². The number of allylic oxidation sites excluding steroid dienone is 2. The maximum absolute atomic E-state index is 3.65. The second-order valence-corrected chi connectivity index (χ2v) is 6.87. The van der Waals surface area contributed by atoms with Crippen molar-refractivity contribution < 1.29 is 0 Å². The molecular formula is C12H19Br. The predicted octanol–water partition coefficient (Wildman–Crippen LogP) is 4.15. The van der Waals surface area contributed by atoms with Crippen LogP contribution in [0.5, 0.6) is 0 Å². The Morgan fingerprint density at radius 2 is 2.31 bits per heavy atom. The minimum absolute atomic E-state index is 0.603. The molecule has 1 heteroatoms. The highest BCUT2D eigenvalue weighted by Gasteiger charge is 2.50. The standard InChI is InChI=1S/C12H19Br/c1-8(13)6-9-4-5-10-7-11(9)12(10,2)3/h4,8,10-11H,5-7H2,1-3H3. The second-order valence-electron chi connectivity index (χ2n) is 5.31. The van der Waals surface area contributed by atoms with Crippen LogP contribution in [0.3, 0.4) is 0 Å². The van der Waals surface area contributed by atoms with Gasteiger partial charge in [0.15, 0.2) is 0 Å². The van der Waals surface area contributed by atoms with Crippen LogP contribution in [-0.2, 0) is 0 Å². The summed E-state index contributed by atoms with van der Waals surface area (Å²) in [5.74, 6) is 1.87. The van der Waals surface area contributed by atoms with E-state index in [-0.39, 0.29) is 0 Å². The Morgan fingerprint density at radius 3 is 2.77 bits per heavy atom. The Labute approximate surface area is 89.9 Å². The lowest BCUT2D eigenvalue weighted by Gasteiger charge is -2.56. The topological polar surface area (TPSA) is 0 Å². The van der Waals surface area contributed by atoms with Gasteiger partial charge in [0, 0.05) is 4.83 Å². The molecule has 0 spiro atoms. The maximum atomic E-state index is 3.65. The van der Waals surface area contributed by atoms with Crippen LogP contribution in [0, 0.1) is 17.3 Å². The molecule has 0 saturated heterocycles. The van der Waals surface area contributed by atoms with Gasteiger partial charge in [-0.2, -0.15) is 0 Å². The van der Waals surface area contributed by atoms with E-state index in [1.165, 1.54) is 19.3 Å². The molecule has 0 aromatic carbocycles. The van der Waals surface area contributed by atoms with E-state index in [0.29, 0.717) is 10.2 Å². The molecule has 0 amide bonds. The molecule has 2 bridgehead atoms. The van der Waals surface area contributed by atoms with Crippen molar-refractivity contribution in [1.82, 2.24) is 0 Å². The van der Waals surface area contributed by atoms with Crippen LogP contribution in [0.1, 0.15) is 40.0 Å². The van der Waals surface area contributed by atoms with Crippen LogP contribution in [-0.4, -0.2) is 4.83 Å². The fourth-order valence-electron chi connectivity index (χ4n) is 3.03. The van der Waals surface area contributed by atoms with E-state index in [0.717, 1.165) is 11.8 Å². The van der Waals surface area contributed by atoms with Gasteiger partial charge in [0.1, 0.15) is 0 Å². The fraction of sp³-hybridized carbons (Fsp3) is 0.833. The van der Waals surface area contributed by atoms with Gasteiger partial charge in [0.2, 0.25) is 0 Å². The third kappa shape index (κ3) is 1.49. The number of fused-ring (bicyclic) bond motifs is 1. The monoisotopic (exact) mass is 242 g/mol. The van der Waals surface area contributed by atoms with E-state index in [2.05, 4.69) is 42.8 Å². The van der Waals surface area contributed by atoms with Crippen LogP contribution in [0.4, 0.5) is 0 Å². The number of halogens is 1. The Morgan fingerprint density at radius 1 is 1.62 bits per heavy atom. The van der Waals surface area contributed by atoms with Gasteiger partial charge >= 0.3 is 0 Å². The lowest BCUT2D eigenvalue weighted by Crippen LogP contribution is -2.48. The molecule has 1 saturated carbocycles. The van der Waals surface area contributed by atoms with Gasteiger partial charge in [-0.05, 0) is 36.5 Å². The van der Waals surface area contributed by atoms with Gasteiger partial charge in [0.25, 0.3) is 0 Å². The third-order valence-electron chi connectivity index (χ3n) is 4.10. The van der Waals surface area contributed by atoms with Crippen molar-refractivity contribution in [1.29, 1.82) is 0 Å². The molecule has 3 atom stereocenters. The highest BCUT2D eigenvalue weighted by atomic mass is 79.9. The maximum Gasteiger partial charge on any atom is 0.0154 e. The zero-order chi connectivity index (χ0) is 9.64. The predicted molar refractivity (Wildman–Crippen MR) is 61.1 cm³/mol. The molecule has 3 unspecified atom stereocenters. The first-order valence-corrected chi connectivity index (χ1v) is 6.26. The van der Waals surface area contributed by atoms with E-state index >= 15 is 0 Å². The Kier molecular flexibility index (Phi) is 2.34. The van der Waals surface area contributed by atoms with Gasteiger partial charge in [-0.3, -0.25) is 0 Å². The largest absolute Gasteiger partial charge is 0.0890 e. The third-order valence-corrected chi connectivity index (χ3v) is 4.42. The van der Waals surface area contributed by atoms with Gasteiger partial charge in [0.05, 0.1) is 0 Å².